The highest BCUT2D eigenvalue weighted by atomic mass is 19.1. The molecule has 1 aromatic carbocycles. The van der Waals surface area contributed by atoms with E-state index in [0.29, 0.717) is 30.6 Å². The molecule has 2 aliphatic heterocycles. The molecule has 1 N–H and O–H groups in total. The van der Waals surface area contributed by atoms with Crippen molar-refractivity contribution >= 4 is 11.6 Å². The largest absolute Gasteiger partial charge is 0.493 e. The molecule has 0 aliphatic carbocycles. The monoisotopic (exact) mass is 369 g/mol. The van der Waals surface area contributed by atoms with Crippen molar-refractivity contribution in [1.29, 1.82) is 0 Å². The van der Waals surface area contributed by atoms with E-state index in [1.54, 1.807) is 12.4 Å². The fourth-order valence-corrected chi connectivity index (χ4v) is 3.94. The van der Waals surface area contributed by atoms with E-state index in [-0.39, 0.29) is 5.82 Å². The van der Waals surface area contributed by atoms with Gasteiger partial charge in [-0.1, -0.05) is 0 Å². The maximum atomic E-state index is 14.3. The molecule has 2 aromatic heterocycles. The van der Waals surface area contributed by atoms with Crippen molar-refractivity contribution in [3.05, 3.63) is 47.2 Å². The Morgan fingerprint density at radius 2 is 2.11 bits per heavy atom. The predicted octanol–water partition coefficient (Wildman–Crippen LogP) is 2.70. The highest BCUT2D eigenvalue weighted by molar-refractivity contribution is 5.53. The Hall–Kier alpha value is -2.74. The molecule has 0 spiro atoms. The third-order valence-electron chi connectivity index (χ3n) is 5.39. The Morgan fingerprint density at radius 1 is 1.22 bits per heavy atom. The van der Waals surface area contributed by atoms with Crippen molar-refractivity contribution in [2.24, 2.45) is 0 Å². The molecule has 0 saturated carbocycles. The lowest BCUT2D eigenvalue weighted by molar-refractivity contribution is 0.0854. The number of nitrogens with zero attached hydrogens (tertiary/aromatic N) is 4. The molecule has 2 aliphatic rings. The smallest absolute Gasteiger partial charge is 0.210 e. The minimum absolute atomic E-state index is 0.231. The topological polar surface area (TPSA) is 73.6 Å². The molecule has 140 valence electrons. The zero-order valence-corrected chi connectivity index (χ0v) is 14.8. The first-order valence-corrected chi connectivity index (χ1v) is 9.24. The van der Waals surface area contributed by atoms with Gasteiger partial charge in [-0.2, -0.15) is 0 Å². The Kier molecular flexibility index (Phi) is 4.12. The molecule has 1 saturated heterocycles. The maximum Gasteiger partial charge on any atom is 0.210 e. The molecule has 0 bridgehead atoms. The average Bonchev–Trinajstić information content (AvgIpc) is 3.37. The van der Waals surface area contributed by atoms with Gasteiger partial charge in [-0.05, 0) is 30.9 Å². The molecule has 4 heterocycles. The van der Waals surface area contributed by atoms with Crippen LogP contribution in [0.2, 0.25) is 0 Å². The fraction of sp³-hybridized carbons (Fsp3) is 0.421. The van der Waals surface area contributed by atoms with Gasteiger partial charge in [0.15, 0.2) is 5.65 Å². The Morgan fingerprint density at radius 3 is 3.00 bits per heavy atom. The molecule has 1 fully saturated rings. The van der Waals surface area contributed by atoms with Gasteiger partial charge in [0.25, 0.3) is 0 Å². The van der Waals surface area contributed by atoms with Gasteiger partial charge in [0.05, 0.1) is 6.61 Å². The quantitative estimate of drug-likeness (QED) is 0.762. The van der Waals surface area contributed by atoms with Gasteiger partial charge in [-0.3, -0.25) is 4.40 Å². The van der Waals surface area contributed by atoms with Crippen molar-refractivity contribution in [3.8, 4) is 5.75 Å². The average molecular weight is 369 g/mol. The highest BCUT2D eigenvalue weighted by Gasteiger charge is 2.22. The van der Waals surface area contributed by atoms with E-state index in [0.717, 1.165) is 55.0 Å². The van der Waals surface area contributed by atoms with Gasteiger partial charge in [-0.15, -0.1) is 10.2 Å². The zero-order valence-electron chi connectivity index (χ0n) is 14.8. The van der Waals surface area contributed by atoms with Crippen LogP contribution in [0.3, 0.4) is 0 Å². The first kappa shape index (κ1) is 16.4. The summed E-state index contributed by atoms with van der Waals surface area (Å²) in [5, 5.41) is 11.6. The fourth-order valence-electron chi connectivity index (χ4n) is 3.94. The van der Waals surface area contributed by atoms with Crippen molar-refractivity contribution < 1.29 is 13.9 Å². The predicted molar refractivity (Wildman–Crippen MR) is 96.5 cm³/mol. The summed E-state index contributed by atoms with van der Waals surface area (Å²) < 4.78 is 27.2. The van der Waals surface area contributed by atoms with E-state index in [1.165, 1.54) is 6.07 Å². The van der Waals surface area contributed by atoms with Gasteiger partial charge in [0, 0.05) is 49.1 Å². The summed E-state index contributed by atoms with van der Waals surface area (Å²) in [6, 6.07) is 3.15. The maximum absolute atomic E-state index is 14.3. The van der Waals surface area contributed by atoms with E-state index in [9.17, 15) is 4.39 Å². The molecule has 0 atom stereocenters. The van der Waals surface area contributed by atoms with Crippen LogP contribution < -0.4 is 10.1 Å². The number of fused-ring (bicyclic) bond motifs is 2. The summed E-state index contributed by atoms with van der Waals surface area (Å²) in [4.78, 5) is 4.57. The molecule has 27 heavy (non-hydrogen) atoms. The molecule has 7 nitrogen and oxygen atoms in total. The van der Waals surface area contributed by atoms with Crippen LogP contribution >= 0.6 is 0 Å². The molecule has 8 heteroatoms. The molecule has 5 rings (SSSR count). The molecule has 0 radical (unpaired) electrons. The number of ether oxygens (including phenoxy) is 2. The normalized spacial score (nSPS) is 17.1. The van der Waals surface area contributed by atoms with Crippen molar-refractivity contribution in [3.63, 3.8) is 0 Å². The minimum Gasteiger partial charge on any atom is -0.493 e. The van der Waals surface area contributed by atoms with Crippen LogP contribution in [-0.2, 0) is 17.7 Å². The van der Waals surface area contributed by atoms with Crippen LogP contribution in [-0.4, -0.2) is 39.4 Å². The van der Waals surface area contributed by atoms with Gasteiger partial charge >= 0.3 is 0 Å². The number of aromatic nitrogens is 4. The zero-order chi connectivity index (χ0) is 18.2. The van der Waals surface area contributed by atoms with Crippen LogP contribution in [0.1, 0.15) is 35.4 Å². The number of hydrogen-bond acceptors (Lipinski definition) is 6. The van der Waals surface area contributed by atoms with Crippen LogP contribution in [0.25, 0.3) is 5.65 Å². The second kappa shape index (κ2) is 6.77. The summed E-state index contributed by atoms with van der Waals surface area (Å²) in [5.74, 6) is 1.51. The van der Waals surface area contributed by atoms with Crippen molar-refractivity contribution in [1.82, 2.24) is 19.6 Å². The van der Waals surface area contributed by atoms with E-state index in [4.69, 9.17) is 9.47 Å². The first-order chi connectivity index (χ1) is 13.3. The SMILES string of the molecule is Fc1ccc2c(c1CNc1ncc(C3CCOCC3)c3nncn13)CCO2. The van der Waals surface area contributed by atoms with Gasteiger partial charge in [0.1, 0.15) is 17.9 Å². The number of benzene rings is 1. The number of rotatable bonds is 4. The highest BCUT2D eigenvalue weighted by Crippen LogP contribution is 2.32. The standard InChI is InChI=1S/C19H20FN5O2/c20-16-1-2-17-13(5-8-27-17)15(16)10-22-19-21-9-14(12-3-6-26-7-4-12)18-24-23-11-25(18)19/h1-2,9,11-12H,3-8,10H2,(H,21,22). The first-order valence-electron chi connectivity index (χ1n) is 9.24. The summed E-state index contributed by atoms with van der Waals surface area (Å²) in [6.45, 7) is 2.44. The third kappa shape index (κ3) is 2.90. The molecule has 0 amide bonds. The lowest BCUT2D eigenvalue weighted by atomic mass is 9.93. The number of hydrogen-bond donors (Lipinski definition) is 1. The summed E-state index contributed by atoms with van der Waals surface area (Å²) in [7, 11) is 0. The second-order valence-electron chi connectivity index (χ2n) is 6.90. The lowest BCUT2D eigenvalue weighted by Gasteiger charge is -2.22. The van der Waals surface area contributed by atoms with E-state index in [1.807, 2.05) is 10.6 Å². The van der Waals surface area contributed by atoms with Crippen molar-refractivity contribution in [2.45, 2.75) is 31.7 Å². The summed E-state index contributed by atoms with van der Waals surface area (Å²) >= 11 is 0. The number of halogens is 1. The lowest BCUT2D eigenvalue weighted by Crippen LogP contribution is -2.16. The Balaban J connectivity index is 1.44. The van der Waals surface area contributed by atoms with Crippen LogP contribution in [0.4, 0.5) is 10.3 Å². The summed E-state index contributed by atoms with van der Waals surface area (Å²) in [5.41, 5.74) is 3.44. The molecular formula is C19H20FN5O2. The van der Waals surface area contributed by atoms with Gasteiger partial charge in [0.2, 0.25) is 5.95 Å². The minimum atomic E-state index is -0.231. The number of anilines is 1. The number of nitrogens with one attached hydrogen (secondary N) is 1. The van der Waals surface area contributed by atoms with E-state index < -0.39 is 0 Å². The van der Waals surface area contributed by atoms with E-state index >= 15 is 0 Å². The van der Waals surface area contributed by atoms with Crippen molar-refractivity contribution in [2.75, 3.05) is 25.1 Å². The third-order valence-corrected chi connectivity index (χ3v) is 5.39. The Labute approximate surface area is 155 Å². The van der Waals surface area contributed by atoms with Crippen LogP contribution in [0, 0.1) is 5.82 Å². The van der Waals surface area contributed by atoms with Crippen LogP contribution in [0.15, 0.2) is 24.7 Å². The Bertz CT molecular complexity index is 984. The van der Waals surface area contributed by atoms with Crippen LogP contribution in [0.5, 0.6) is 5.75 Å². The van der Waals surface area contributed by atoms with Gasteiger partial charge in [-0.25, -0.2) is 9.37 Å². The van der Waals surface area contributed by atoms with E-state index in [2.05, 4.69) is 20.5 Å². The summed E-state index contributed by atoms with van der Waals surface area (Å²) in [6.07, 6.45) is 6.14. The molecule has 3 aromatic rings. The second-order valence-corrected chi connectivity index (χ2v) is 6.90. The molecule has 0 unspecified atom stereocenters. The van der Waals surface area contributed by atoms with Gasteiger partial charge < -0.3 is 14.8 Å². The molecular weight excluding hydrogens is 349 g/mol.